The molecule has 1 unspecified atom stereocenters. The number of benzene rings is 1. The summed E-state index contributed by atoms with van der Waals surface area (Å²) < 4.78 is 44.9. The molecule has 1 atom stereocenters. The molecule has 2 rings (SSSR count). The number of esters is 1. The molecule has 0 bridgehead atoms. The summed E-state index contributed by atoms with van der Waals surface area (Å²) in [6, 6.07) is 6.70. The summed E-state index contributed by atoms with van der Waals surface area (Å²) in [5.74, 6) is -2.11. The van der Waals surface area contributed by atoms with Crippen molar-refractivity contribution >= 4 is 33.9 Å². The number of alkyl halides is 3. The van der Waals surface area contributed by atoms with Gasteiger partial charge in [-0.15, -0.1) is 13.2 Å². The topological polar surface area (TPSA) is 108 Å². The Labute approximate surface area is 153 Å². The van der Waals surface area contributed by atoms with E-state index in [1.807, 2.05) is 0 Å². The van der Waals surface area contributed by atoms with Gasteiger partial charge >= 0.3 is 17.3 Å². The normalized spacial score (nSPS) is 12.1. The van der Waals surface area contributed by atoms with E-state index in [-0.39, 0.29) is 15.6 Å². The van der Waals surface area contributed by atoms with Gasteiger partial charge in [-0.05, 0) is 37.3 Å². The van der Waals surface area contributed by atoms with E-state index in [1.165, 1.54) is 25.1 Å². The van der Waals surface area contributed by atoms with Crippen molar-refractivity contribution < 1.29 is 37.2 Å². The summed E-state index contributed by atoms with van der Waals surface area (Å²) in [5, 5.41) is 12.7. The number of hydrogen-bond donors (Lipinski definition) is 1. The molecule has 144 valence electrons. The number of carbonyl (C=O) groups excluding carboxylic acids is 2. The Kier molecular flexibility index (Phi) is 6.00. The van der Waals surface area contributed by atoms with Gasteiger partial charge in [-0.2, -0.15) is 0 Å². The summed E-state index contributed by atoms with van der Waals surface area (Å²) in [4.78, 5) is 33.8. The van der Waals surface area contributed by atoms with E-state index >= 15 is 0 Å². The van der Waals surface area contributed by atoms with Gasteiger partial charge in [0.2, 0.25) is 0 Å². The summed E-state index contributed by atoms with van der Waals surface area (Å²) in [7, 11) is 0. The van der Waals surface area contributed by atoms with Crippen molar-refractivity contribution in [1.29, 1.82) is 0 Å². The Balaban J connectivity index is 1.92. The maximum atomic E-state index is 12.1. The van der Waals surface area contributed by atoms with E-state index in [4.69, 9.17) is 4.74 Å². The SMILES string of the molecule is CC(OC(=O)c1ccc([N+](=O)[O-])s1)C(=O)Nc1ccc(OC(F)(F)F)cc1. The minimum absolute atomic E-state index is 0.0463. The molecule has 1 aromatic carbocycles. The molecule has 0 radical (unpaired) electrons. The second-order valence-corrected chi connectivity index (χ2v) is 6.07. The van der Waals surface area contributed by atoms with Crippen LogP contribution in [0.3, 0.4) is 0 Å². The second kappa shape index (κ2) is 8.03. The molecule has 8 nitrogen and oxygen atoms in total. The van der Waals surface area contributed by atoms with Gasteiger partial charge in [0.15, 0.2) is 6.10 Å². The fourth-order valence-electron chi connectivity index (χ4n) is 1.79. The molecule has 0 aliphatic rings. The zero-order valence-corrected chi connectivity index (χ0v) is 14.3. The first-order chi connectivity index (χ1) is 12.5. The number of nitrogens with one attached hydrogen (secondary N) is 1. The number of rotatable bonds is 6. The van der Waals surface area contributed by atoms with Gasteiger partial charge < -0.3 is 14.8 Å². The van der Waals surface area contributed by atoms with E-state index in [0.717, 1.165) is 18.2 Å². The van der Waals surface area contributed by atoms with Crippen LogP contribution in [0.25, 0.3) is 0 Å². The van der Waals surface area contributed by atoms with Crippen LogP contribution in [0.1, 0.15) is 16.6 Å². The van der Waals surface area contributed by atoms with Gasteiger partial charge in [-0.3, -0.25) is 14.9 Å². The van der Waals surface area contributed by atoms with Crippen molar-refractivity contribution in [3.63, 3.8) is 0 Å². The predicted molar refractivity (Wildman–Crippen MR) is 87.6 cm³/mol. The number of nitrogens with zero attached hydrogens (tertiary/aromatic N) is 1. The van der Waals surface area contributed by atoms with Crippen molar-refractivity contribution in [2.24, 2.45) is 0 Å². The third kappa shape index (κ3) is 5.95. The van der Waals surface area contributed by atoms with Crippen molar-refractivity contribution in [3.05, 3.63) is 51.4 Å². The van der Waals surface area contributed by atoms with Crippen LogP contribution in [-0.2, 0) is 9.53 Å². The van der Waals surface area contributed by atoms with Gasteiger partial charge in [-0.1, -0.05) is 11.3 Å². The summed E-state index contributed by atoms with van der Waals surface area (Å²) in [6.07, 6.45) is -6.07. The van der Waals surface area contributed by atoms with Crippen LogP contribution in [0.2, 0.25) is 0 Å². The number of carbonyl (C=O) groups is 2. The zero-order chi connectivity index (χ0) is 20.2. The van der Waals surface area contributed by atoms with Crippen LogP contribution in [0.4, 0.5) is 23.9 Å². The van der Waals surface area contributed by atoms with Crippen LogP contribution >= 0.6 is 11.3 Å². The predicted octanol–water partition coefficient (Wildman–Crippen LogP) is 3.74. The number of amides is 1. The number of ether oxygens (including phenoxy) is 2. The quantitative estimate of drug-likeness (QED) is 0.446. The molecule has 0 aliphatic heterocycles. The average Bonchev–Trinajstić information content (AvgIpc) is 3.05. The van der Waals surface area contributed by atoms with Gasteiger partial charge in [0.05, 0.1) is 4.92 Å². The van der Waals surface area contributed by atoms with Crippen LogP contribution in [0, 0.1) is 10.1 Å². The van der Waals surface area contributed by atoms with E-state index < -0.39 is 35.0 Å². The molecule has 1 N–H and O–H groups in total. The fourth-order valence-corrected chi connectivity index (χ4v) is 2.49. The number of thiophene rings is 1. The van der Waals surface area contributed by atoms with Crippen molar-refractivity contribution in [2.45, 2.75) is 19.4 Å². The van der Waals surface area contributed by atoms with E-state index in [2.05, 4.69) is 10.1 Å². The molecule has 1 aromatic heterocycles. The zero-order valence-electron chi connectivity index (χ0n) is 13.5. The van der Waals surface area contributed by atoms with Gasteiger partial charge in [-0.25, -0.2) is 4.79 Å². The molecule has 12 heteroatoms. The van der Waals surface area contributed by atoms with E-state index in [1.54, 1.807) is 0 Å². The number of hydrogen-bond acceptors (Lipinski definition) is 7. The Bertz CT molecular complexity index is 850. The Hall–Kier alpha value is -3.15. The average molecular weight is 404 g/mol. The number of halogens is 3. The third-order valence-corrected chi connectivity index (χ3v) is 4.00. The van der Waals surface area contributed by atoms with E-state index in [9.17, 15) is 32.9 Å². The Morgan fingerprint density at radius 3 is 2.33 bits per heavy atom. The smallest absolute Gasteiger partial charge is 0.448 e. The number of nitro groups is 1. The molecule has 1 amide bonds. The minimum Gasteiger partial charge on any atom is -0.448 e. The molecular weight excluding hydrogens is 393 g/mol. The second-order valence-electron chi connectivity index (χ2n) is 5.00. The first-order valence-corrected chi connectivity index (χ1v) is 7.98. The molecule has 0 aliphatic carbocycles. The third-order valence-electron chi connectivity index (χ3n) is 2.98. The molecule has 0 spiro atoms. The fraction of sp³-hybridized carbons (Fsp3) is 0.200. The summed E-state index contributed by atoms with van der Waals surface area (Å²) in [6.45, 7) is 1.27. The van der Waals surface area contributed by atoms with Crippen LogP contribution in [-0.4, -0.2) is 29.3 Å². The first-order valence-electron chi connectivity index (χ1n) is 7.17. The molecule has 0 fully saturated rings. The monoisotopic (exact) mass is 404 g/mol. The minimum atomic E-state index is -4.83. The molecule has 27 heavy (non-hydrogen) atoms. The highest BCUT2D eigenvalue weighted by Gasteiger charge is 2.31. The molecule has 0 saturated heterocycles. The number of anilines is 1. The lowest BCUT2D eigenvalue weighted by Crippen LogP contribution is -2.29. The van der Waals surface area contributed by atoms with Crippen molar-refractivity contribution in [1.82, 2.24) is 0 Å². The molecule has 2 aromatic rings. The van der Waals surface area contributed by atoms with Crippen LogP contribution < -0.4 is 10.1 Å². The van der Waals surface area contributed by atoms with Crippen molar-refractivity contribution in [3.8, 4) is 5.75 Å². The van der Waals surface area contributed by atoms with E-state index in [0.29, 0.717) is 11.3 Å². The highest BCUT2D eigenvalue weighted by Crippen LogP contribution is 2.25. The lowest BCUT2D eigenvalue weighted by atomic mass is 10.3. The molecular formula is C15H11F3N2O6S. The van der Waals surface area contributed by atoms with Crippen LogP contribution in [0.15, 0.2) is 36.4 Å². The standard InChI is InChI=1S/C15H11F3N2O6S/c1-8(25-14(22)11-6-7-12(27-11)20(23)24)13(21)19-9-2-4-10(5-3-9)26-15(16,17)18/h2-8H,1H3,(H,19,21). The molecule has 1 heterocycles. The Morgan fingerprint density at radius 1 is 1.19 bits per heavy atom. The van der Waals surface area contributed by atoms with Gasteiger partial charge in [0.1, 0.15) is 10.6 Å². The van der Waals surface area contributed by atoms with Crippen molar-refractivity contribution in [2.75, 3.05) is 5.32 Å². The highest BCUT2D eigenvalue weighted by molar-refractivity contribution is 7.17. The summed E-state index contributed by atoms with van der Waals surface area (Å²) in [5.41, 5.74) is 0.157. The first kappa shape index (κ1) is 20.2. The largest absolute Gasteiger partial charge is 0.573 e. The maximum absolute atomic E-state index is 12.1. The van der Waals surface area contributed by atoms with Gasteiger partial charge in [0, 0.05) is 11.8 Å². The van der Waals surface area contributed by atoms with Crippen LogP contribution in [0.5, 0.6) is 5.75 Å². The summed E-state index contributed by atoms with van der Waals surface area (Å²) >= 11 is 0.602. The lowest BCUT2D eigenvalue weighted by Gasteiger charge is -2.13. The van der Waals surface area contributed by atoms with Gasteiger partial charge in [0.25, 0.3) is 5.91 Å². The molecule has 0 saturated carbocycles. The highest BCUT2D eigenvalue weighted by atomic mass is 32.1. The Morgan fingerprint density at radius 2 is 1.81 bits per heavy atom. The lowest BCUT2D eigenvalue weighted by molar-refractivity contribution is -0.380. The maximum Gasteiger partial charge on any atom is 0.573 e.